The largest absolute Gasteiger partial charge is 0.340 e. The van der Waals surface area contributed by atoms with Crippen LogP contribution in [0.3, 0.4) is 0 Å². The molecule has 1 saturated heterocycles. The Hall–Kier alpha value is -3.22. The molecule has 2 aliphatic heterocycles. The normalized spacial score (nSPS) is 21.3. The molecular formula is C20H20N6O. The number of carbonyl (C=O) groups is 1. The molecule has 0 aliphatic carbocycles. The average Bonchev–Trinajstić information content (AvgIpc) is 3.34. The van der Waals surface area contributed by atoms with Crippen LogP contribution < -0.4 is 9.80 Å². The van der Waals surface area contributed by atoms with Gasteiger partial charge in [0.15, 0.2) is 5.82 Å². The molecule has 7 nitrogen and oxygen atoms in total. The van der Waals surface area contributed by atoms with E-state index in [1.807, 2.05) is 48.0 Å². The number of carbonyl (C=O) groups excluding carboxylic acids is 1. The molecule has 1 amide bonds. The molecule has 0 saturated carbocycles. The molecule has 1 fully saturated rings. The van der Waals surface area contributed by atoms with Gasteiger partial charge in [0.05, 0.1) is 6.20 Å². The number of hydrogen-bond donors (Lipinski definition) is 0. The smallest absolute Gasteiger partial charge is 0.252 e. The molecule has 27 heavy (non-hydrogen) atoms. The molecule has 1 atom stereocenters. The van der Waals surface area contributed by atoms with Crippen molar-refractivity contribution in [1.82, 2.24) is 19.5 Å². The lowest BCUT2D eigenvalue weighted by atomic mass is 9.94. The van der Waals surface area contributed by atoms with Gasteiger partial charge in [-0.1, -0.05) is 30.3 Å². The third-order valence-corrected chi connectivity index (χ3v) is 5.65. The van der Waals surface area contributed by atoms with Gasteiger partial charge in [-0.3, -0.25) is 9.36 Å². The maximum atomic E-state index is 12.9. The first kappa shape index (κ1) is 16.0. The molecule has 0 N–H and O–H groups in total. The second-order valence-electron chi connectivity index (χ2n) is 7.26. The molecule has 0 unspecified atom stereocenters. The number of benzene rings is 1. The Balaban J connectivity index is 1.65. The third kappa shape index (κ3) is 2.21. The van der Waals surface area contributed by atoms with Crippen LogP contribution in [0.5, 0.6) is 0 Å². The topological polar surface area (TPSA) is 67.2 Å². The fraction of sp³-hybridized carbons (Fsp3) is 0.300. The lowest BCUT2D eigenvalue weighted by Gasteiger charge is -2.43. The Bertz CT molecular complexity index is 1030. The number of hydrogen-bond acceptors (Lipinski definition) is 5. The van der Waals surface area contributed by atoms with Gasteiger partial charge in [-0.25, -0.2) is 9.97 Å². The van der Waals surface area contributed by atoms with Crippen LogP contribution in [-0.2, 0) is 4.79 Å². The summed E-state index contributed by atoms with van der Waals surface area (Å²) in [5.74, 6) is 2.27. The fourth-order valence-electron chi connectivity index (χ4n) is 4.17. The molecule has 0 bridgehead atoms. The number of fused-ring (bicyclic) bond motifs is 3. The van der Waals surface area contributed by atoms with Crippen molar-refractivity contribution in [3.05, 3.63) is 48.9 Å². The van der Waals surface area contributed by atoms with E-state index >= 15 is 0 Å². The lowest BCUT2D eigenvalue weighted by molar-refractivity contribution is -0.123. The van der Waals surface area contributed by atoms with Crippen molar-refractivity contribution < 1.29 is 4.79 Å². The number of rotatable bonds is 2. The van der Waals surface area contributed by atoms with Gasteiger partial charge in [0.1, 0.15) is 17.1 Å². The second kappa shape index (κ2) is 5.64. The van der Waals surface area contributed by atoms with Gasteiger partial charge in [0.25, 0.3) is 5.91 Å². The number of aromatic nitrogens is 4. The Morgan fingerprint density at radius 3 is 2.78 bits per heavy atom. The van der Waals surface area contributed by atoms with Gasteiger partial charge in [-0.05, 0) is 19.8 Å². The minimum atomic E-state index is -0.523. The van der Waals surface area contributed by atoms with Crippen LogP contribution in [0.25, 0.3) is 17.3 Å². The van der Waals surface area contributed by atoms with Crippen molar-refractivity contribution in [2.24, 2.45) is 0 Å². The zero-order valence-corrected chi connectivity index (χ0v) is 15.3. The highest BCUT2D eigenvalue weighted by Gasteiger charge is 2.50. The Labute approximate surface area is 157 Å². The SMILES string of the molecule is CN1C(=O)[C@]2(C)CCCN2c2nc(-n3ccnc3-c3ccccc3)ncc21. The van der Waals surface area contributed by atoms with E-state index in [4.69, 9.17) is 4.98 Å². The standard InChI is InChI=1S/C20H20N6O/c1-20-9-6-11-26(20)17-15(24(2)18(20)27)13-22-19(23-17)25-12-10-21-16(25)14-7-4-3-5-8-14/h3-5,7-8,10,12-13H,6,9,11H2,1-2H3/t20-/m0/s1. The predicted molar refractivity (Wildman–Crippen MR) is 103 cm³/mol. The Morgan fingerprint density at radius 1 is 1.15 bits per heavy atom. The van der Waals surface area contributed by atoms with Crippen LogP contribution >= 0.6 is 0 Å². The predicted octanol–water partition coefficient (Wildman–Crippen LogP) is 2.66. The summed E-state index contributed by atoms with van der Waals surface area (Å²) in [5, 5.41) is 0. The van der Waals surface area contributed by atoms with Gasteiger partial charge < -0.3 is 9.80 Å². The molecule has 7 heteroatoms. The van der Waals surface area contributed by atoms with Crippen molar-refractivity contribution in [1.29, 1.82) is 0 Å². The number of nitrogens with zero attached hydrogens (tertiary/aromatic N) is 6. The van der Waals surface area contributed by atoms with Gasteiger partial charge >= 0.3 is 0 Å². The first-order valence-electron chi connectivity index (χ1n) is 9.11. The maximum Gasteiger partial charge on any atom is 0.252 e. The summed E-state index contributed by atoms with van der Waals surface area (Å²) in [7, 11) is 1.80. The number of imidazole rings is 1. The quantitative estimate of drug-likeness (QED) is 0.703. The molecule has 0 spiro atoms. The molecule has 0 radical (unpaired) electrons. The summed E-state index contributed by atoms with van der Waals surface area (Å²) in [4.78, 5) is 30.6. The summed E-state index contributed by atoms with van der Waals surface area (Å²) < 4.78 is 1.89. The van der Waals surface area contributed by atoms with Gasteiger partial charge in [0.2, 0.25) is 5.95 Å². The molecule has 5 rings (SSSR count). The molecule has 4 heterocycles. The second-order valence-corrected chi connectivity index (χ2v) is 7.26. The summed E-state index contributed by atoms with van der Waals surface area (Å²) >= 11 is 0. The van der Waals surface area contributed by atoms with E-state index < -0.39 is 5.54 Å². The summed E-state index contributed by atoms with van der Waals surface area (Å²) in [5.41, 5.74) is 1.23. The highest BCUT2D eigenvalue weighted by Crippen LogP contribution is 2.43. The van der Waals surface area contributed by atoms with Crippen molar-refractivity contribution >= 4 is 17.4 Å². The molecular weight excluding hydrogens is 340 g/mol. The minimum Gasteiger partial charge on any atom is -0.340 e. The molecule has 1 aromatic carbocycles. The van der Waals surface area contributed by atoms with E-state index in [2.05, 4.69) is 14.9 Å². The zero-order valence-electron chi connectivity index (χ0n) is 15.3. The van der Waals surface area contributed by atoms with Gasteiger partial charge in [0, 0.05) is 31.5 Å². The summed E-state index contributed by atoms with van der Waals surface area (Å²) in [6.07, 6.45) is 7.18. The molecule has 2 aliphatic rings. The van der Waals surface area contributed by atoms with E-state index in [9.17, 15) is 4.79 Å². The van der Waals surface area contributed by atoms with E-state index in [-0.39, 0.29) is 5.91 Å². The van der Waals surface area contributed by atoms with Crippen molar-refractivity contribution in [2.75, 3.05) is 23.4 Å². The average molecular weight is 360 g/mol. The van der Waals surface area contributed by atoms with Crippen LogP contribution in [-0.4, -0.2) is 44.6 Å². The van der Waals surface area contributed by atoms with Gasteiger partial charge in [-0.15, -0.1) is 0 Å². The highest BCUT2D eigenvalue weighted by molar-refractivity contribution is 6.07. The molecule has 136 valence electrons. The Morgan fingerprint density at radius 2 is 1.96 bits per heavy atom. The van der Waals surface area contributed by atoms with E-state index in [0.29, 0.717) is 5.95 Å². The first-order valence-corrected chi connectivity index (χ1v) is 9.11. The molecule has 3 aromatic rings. The van der Waals surface area contributed by atoms with Crippen molar-refractivity contribution in [3.8, 4) is 17.3 Å². The monoisotopic (exact) mass is 360 g/mol. The van der Waals surface area contributed by atoms with Crippen LogP contribution in [0.4, 0.5) is 11.5 Å². The van der Waals surface area contributed by atoms with E-state index in [1.54, 1.807) is 24.3 Å². The van der Waals surface area contributed by atoms with E-state index in [1.165, 1.54) is 0 Å². The number of amides is 1. The van der Waals surface area contributed by atoms with Crippen molar-refractivity contribution in [3.63, 3.8) is 0 Å². The lowest BCUT2D eigenvalue weighted by Crippen LogP contribution is -2.58. The van der Waals surface area contributed by atoms with Gasteiger partial charge in [-0.2, -0.15) is 4.98 Å². The first-order chi connectivity index (χ1) is 13.1. The summed E-state index contributed by atoms with van der Waals surface area (Å²) in [6, 6.07) is 9.98. The summed E-state index contributed by atoms with van der Waals surface area (Å²) in [6.45, 7) is 2.84. The Kier molecular flexibility index (Phi) is 3.34. The van der Waals surface area contributed by atoms with Crippen LogP contribution in [0, 0.1) is 0 Å². The maximum absolute atomic E-state index is 12.9. The fourth-order valence-corrected chi connectivity index (χ4v) is 4.17. The van der Waals surface area contributed by atoms with Crippen LogP contribution in [0.2, 0.25) is 0 Å². The number of likely N-dealkylation sites (N-methyl/N-ethyl adjacent to an activating group) is 1. The highest BCUT2D eigenvalue weighted by atomic mass is 16.2. The molecule has 2 aromatic heterocycles. The van der Waals surface area contributed by atoms with Crippen molar-refractivity contribution in [2.45, 2.75) is 25.3 Å². The van der Waals surface area contributed by atoms with Crippen LogP contribution in [0.15, 0.2) is 48.9 Å². The minimum absolute atomic E-state index is 0.108. The number of anilines is 2. The third-order valence-electron chi connectivity index (χ3n) is 5.65. The zero-order chi connectivity index (χ0) is 18.6. The van der Waals surface area contributed by atoms with Crippen LogP contribution in [0.1, 0.15) is 19.8 Å². The van der Waals surface area contributed by atoms with E-state index in [0.717, 1.165) is 42.3 Å².